The van der Waals surface area contributed by atoms with Crippen molar-refractivity contribution in [3.05, 3.63) is 34.6 Å². The van der Waals surface area contributed by atoms with Gasteiger partial charge >= 0.3 is 0 Å². The first-order valence-electron chi connectivity index (χ1n) is 5.38. The summed E-state index contributed by atoms with van der Waals surface area (Å²) in [5.74, 6) is -0.456. The average Bonchev–Trinajstić information content (AvgIpc) is 2.94. The van der Waals surface area contributed by atoms with Crippen LogP contribution in [-0.2, 0) is 0 Å². The number of aliphatic hydroxyl groups is 1. The van der Waals surface area contributed by atoms with Gasteiger partial charge in [0.25, 0.3) is 0 Å². The van der Waals surface area contributed by atoms with Crippen LogP contribution in [0.25, 0.3) is 0 Å². The van der Waals surface area contributed by atoms with E-state index in [1.54, 1.807) is 6.07 Å². The van der Waals surface area contributed by atoms with Gasteiger partial charge in [-0.05, 0) is 31.9 Å². The van der Waals surface area contributed by atoms with Gasteiger partial charge in [-0.15, -0.1) is 0 Å². The highest BCUT2D eigenvalue weighted by Gasteiger charge is 2.37. The summed E-state index contributed by atoms with van der Waals surface area (Å²) in [7, 11) is 0. The Bertz CT molecular complexity index is 393. The van der Waals surface area contributed by atoms with Gasteiger partial charge in [-0.3, -0.25) is 0 Å². The van der Waals surface area contributed by atoms with Gasteiger partial charge < -0.3 is 10.4 Å². The number of β-amino-alcohol motifs (C(OH)–C–C–N with tert-alkyl or cyclic N) is 1. The van der Waals surface area contributed by atoms with Gasteiger partial charge in [0.15, 0.2) is 0 Å². The fourth-order valence-electron chi connectivity index (χ4n) is 1.59. The minimum atomic E-state index is -0.824. The van der Waals surface area contributed by atoms with Crippen molar-refractivity contribution < 1.29 is 9.50 Å². The first kappa shape index (κ1) is 11.8. The van der Waals surface area contributed by atoms with Crippen LogP contribution in [0.4, 0.5) is 4.39 Å². The highest BCUT2D eigenvalue weighted by atomic mass is 35.5. The Labute approximate surface area is 99.4 Å². The molecular weight excluding hydrogens is 229 g/mol. The van der Waals surface area contributed by atoms with Crippen LogP contribution < -0.4 is 5.32 Å². The summed E-state index contributed by atoms with van der Waals surface area (Å²) in [5, 5.41) is 13.4. The highest BCUT2D eigenvalue weighted by Crippen LogP contribution is 2.34. The molecule has 1 aromatic rings. The maximum absolute atomic E-state index is 13.5. The first-order chi connectivity index (χ1) is 7.50. The van der Waals surface area contributed by atoms with Crippen molar-refractivity contribution in [1.82, 2.24) is 5.32 Å². The smallest absolute Gasteiger partial charge is 0.130 e. The van der Waals surface area contributed by atoms with Crippen LogP contribution in [0.5, 0.6) is 0 Å². The molecule has 1 fully saturated rings. The van der Waals surface area contributed by atoms with Gasteiger partial charge in [0.05, 0.1) is 6.10 Å². The third-order valence-electron chi connectivity index (χ3n) is 3.04. The standard InChI is InChI=1S/C12H15ClFNO/c1-12(4-5-12)15-7-11(16)9-3-2-8(13)6-10(9)14/h2-3,6,11,15-16H,4-5,7H2,1H3. The molecule has 1 atom stereocenters. The third-order valence-corrected chi connectivity index (χ3v) is 3.28. The van der Waals surface area contributed by atoms with Gasteiger partial charge in [0.1, 0.15) is 5.82 Å². The van der Waals surface area contributed by atoms with Gasteiger partial charge in [-0.1, -0.05) is 17.7 Å². The highest BCUT2D eigenvalue weighted by molar-refractivity contribution is 6.30. The molecule has 2 rings (SSSR count). The molecule has 0 amide bonds. The molecule has 0 bridgehead atoms. The van der Waals surface area contributed by atoms with Gasteiger partial charge in [-0.25, -0.2) is 4.39 Å². The van der Waals surface area contributed by atoms with Gasteiger partial charge in [0, 0.05) is 22.7 Å². The van der Waals surface area contributed by atoms with E-state index in [1.807, 2.05) is 0 Å². The molecule has 1 unspecified atom stereocenters. The van der Waals surface area contributed by atoms with E-state index in [9.17, 15) is 9.50 Å². The normalized spacial score (nSPS) is 19.5. The zero-order valence-corrected chi connectivity index (χ0v) is 9.89. The van der Waals surface area contributed by atoms with Gasteiger partial charge in [0.2, 0.25) is 0 Å². The van der Waals surface area contributed by atoms with Crippen LogP contribution in [0.15, 0.2) is 18.2 Å². The van der Waals surface area contributed by atoms with Crippen LogP contribution >= 0.6 is 11.6 Å². The van der Waals surface area contributed by atoms with Crippen LogP contribution in [0.2, 0.25) is 5.02 Å². The molecule has 1 aliphatic carbocycles. The summed E-state index contributed by atoms with van der Waals surface area (Å²) in [6, 6.07) is 4.33. The molecule has 0 spiro atoms. The first-order valence-corrected chi connectivity index (χ1v) is 5.76. The fraction of sp³-hybridized carbons (Fsp3) is 0.500. The molecule has 0 saturated heterocycles. The van der Waals surface area contributed by atoms with Crippen molar-refractivity contribution >= 4 is 11.6 Å². The SMILES string of the molecule is CC1(NCC(O)c2ccc(Cl)cc2F)CC1. The van der Waals surface area contributed by atoms with Crippen molar-refractivity contribution in [1.29, 1.82) is 0 Å². The molecule has 1 aromatic carbocycles. The number of hydrogen-bond acceptors (Lipinski definition) is 2. The van der Waals surface area contributed by atoms with E-state index in [1.165, 1.54) is 12.1 Å². The molecule has 2 nitrogen and oxygen atoms in total. The third kappa shape index (κ3) is 2.73. The Morgan fingerprint density at radius 1 is 1.56 bits per heavy atom. The molecule has 0 heterocycles. The number of halogens is 2. The Morgan fingerprint density at radius 3 is 2.81 bits per heavy atom. The van der Waals surface area contributed by atoms with Crippen molar-refractivity contribution in [3.63, 3.8) is 0 Å². The van der Waals surface area contributed by atoms with E-state index in [2.05, 4.69) is 12.2 Å². The van der Waals surface area contributed by atoms with Crippen molar-refractivity contribution in [2.24, 2.45) is 0 Å². The molecule has 0 aliphatic heterocycles. The lowest BCUT2D eigenvalue weighted by Gasteiger charge is -2.16. The molecule has 4 heteroatoms. The Hall–Kier alpha value is -0.640. The summed E-state index contributed by atoms with van der Waals surface area (Å²) in [4.78, 5) is 0. The monoisotopic (exact) mass is 243 g/mol. The van der Waals surface area contributed by atoms with E-state index >= 15 is 0 Å². The lowest BCUT2D eigenvalue weighted by Crippen LogP contribution is -2.32. The number of aliphatic hydroxyl groups excluding tert-OH is 1. The van der Waals surface area contributed by atoms with Crippen LogP contribution in [-0.4, -0.2) is 17.2 Å². The van der Waals surface area contributed by atoms with E-state index in [0.717, 1.165) is 12.8 Å². The molecule has 1 aliphatic rings. The fourth-order valence-corrected chi connectivity index (χ4v) is 1.75. The summed E-state index contributed by atoms with van der Waals surface area (Å²) in [5.41, 5.74) is 0.435. The largest absolute Gasteiger partial charge is 0.387 e. The quantitative estimate of drug-likeness (QED) is 0.852. The van der Waals surface area contributed by atoms with E-state index in [4.69, 9.17) is 11.6 Å². The summed E-state index contributed by atoms with van der Waals surface area (Å²) in [6.45, 7) is 2.47. The predicted octanol–water partition coefficient (Wildman–Crippen LogP) is 2.65. The maximum atomic E-state index is 13.5. The van der Waals surface area contributed by atoms with E-state index in [-0.39, 0.29) is 5.54 Å². The summed E-state index contributed by atoms with van der Waals surface area (Å²) >= 11 is 5.64. The Morgan fingerprint density at radius 2 is 2.25 bits per heavy atom. The molecule has 1 saturated carbocycles. The summed E-state index contributed by atoms with van der Waals surface area (Å²) < 4.78 is 13.5. The lowest BCUT2D eigenvalue weighted by atomic mass is 10.1. The average molecular weight is 244 g/mol. The second-order valence-electron chi connectivity index (χ2n) is 4.62. The Kier molecular flexibility index (Phi) is 3.19. The predicted molar refractivity (Wildman–Crippen MR) is 62.0 cm³/mol. The van der Waals surface area contributed by atoms with Crippen LogP contribution in [0.1, 0.15) is 31.4 Å². The molecular formula is C12H15ClFNO. The van der Waals surface area contributed by atoms with E-state index < -0.39 is 11.9 Å². The van der Waals surface area contributed by atoms with Crippen LogP contribution in [0.3, 0.4) is 0 Å². The molecule has 2 N–H and O–H groups in total. The van der Waals surface area contributed by atoms with Gasteiger partial charge in [-0.2, -0.15) is 0 Å². The minimum absolute atomic E-state index is 0.143. The topological polar surface area (TPSA) is 32.3 Å². The number of hydrogen-bond donors (Lipinski definition) is 2. The number of nitrogens with one attached hydrogen (secondary N) is 1. The number of rotatable bonds is 4. The molecule has 0 radical (unpaired) electrons. The lowest BCUT2D eigenvalue weighted by molar-refractivity contribution is 0.164. The minimum Gasteiger partial charge on any atom is -0.387 e. The number of benzene rings is 1. The second kappa shape index (κ2) is 4.32. The molecule has 16 heavy (non-hydrogen) atoms. The summed E-state index contributed by atoms with van der Waals surface area (Å²) in [6.07, 6.45) is 1.40. The van der Waals surface area contributed by atoms with Crippen molar-refractivity contribution in [2.45, 2.75) is 31.4 Å². The molecule has 0 aromatic heterocycles. The van der Waals surface area contributed by atoms with E-state index in [0.29, 0.717) is 17.1 Å². The Balaban J connectivity index is 1.99. The maximum Gasteiger partial charge on any atom is 0.130 e. The van der Waals surface area contributed by atoms with Crippen molar-refractivity contribution in [3.8, 4) is 0 Å². The van der Waals surface area contributed by atoms with Crippen LogP contribution in [0, 0.1) is 5.82 Å². The molecule has 88 valence electrons. The second-order valence-corrected chi connectivity index (χ2v) is 5.06. The van der Waals surface area contributed by atoms with Crippen molar-refractivity contribution in [2.75, 3.05) is 6.54 Å². The zero-order chi connectivity index (χ0) is 11.8. The zero-order valence-electron chi connectivity index (χ0n) is 9.13.